The van der Waals surface area contributed by atoms with Crippen LogP contribution in [0.1, 0.15) is 21.7 Å². The second-order valence-electron chi connectivity index (χ2n) is 5.37. The Bertz CT molecular complexity index is 1020. The van der Waals surface area contributed by atoms with Gasteiger partial charge < -0.3 is 10.1 Å². The molecule has 3 aromatic rings. The lowest BCUT2D eigenvalue weighted by Crippen LogP contribution is -1.98. The van der Waals surface area contributed by atoms with E-state index in [1.54, 1.807) is 37.5 Å². The van der Waals surface area contributed by atoms with E-state index in [1.165, 1.54) is 6.20 Å². The number of carboxylic acids is 1. The third kappa shape index (κ3) is 3.72. The van der Waals surface area contributed by atoms with E-state index >= 15 is 0 Å². The topological polar surface area (TPSA) is 126 Å². The molecule has 0 spiro atoms. The largest absolute Gasteiger partial charge is 0.476 e. The Kier molecular flexibility index (Phi) is 4.57. The minimum absolute atomic E-state index is 0.0508. The molecule has 0 bridgehead atoms. The van der Waals surface area contributed by atoms with E-state index in [0.29, 0.717) is 22.8 Å². The number of carboxylic acid groups (broad SMARTS) is 1. The summed E-state index contributed by atoms with van der Waals surface area (Å²) in [6, 6.07) is 5.24. The second-order valence-corrected chi connectivity index (χ2v) is 6.35. The Hall–Kier alpha value is -3.07. The first-order valence-corrected chi connectivity index (χ1v) is 8.62. The van der Waals surface area contributed by atoms with E-state index in [0.717, 1.165) is 11.1 Å². The molecule has 0 fully saturated rings. The third-order valence-corrected chi connectivity index (χ3v) is 4.15. The zero-order valence-electron chi connectivity index (χ0n) is 13.1. The van der Waals surface area contributed by atoms with Crippen LogP contribution in [0.3, 0.4) is 0 Å². The van der Waals surface area contributed by atoms with Crippen LogP contribution in [0, 0.1) is 6.92 Å². The number of H-pyrrole nitrogens is 1. The van der Waals surface area contributed by atoms with Crippen molar-refractivity contribution in [3.8, 4) is 22.6 Å². The van der Waals surface area contributed by atoms with Gasteiger partial charge in [-0.3, -0.25) is 9.97 Å². The highest BCUT2D eigenvalue weighted by atomic mass is 32.2. The van der Waals surface area contributed by atoms with Crippen LogP contribution in [0.4, 0.5) is 0 Å². The first-order chi connectivity index (χ1) is 11.9. The van der Waals surface area contributed by atoms with E-state index < -0.39 is 16.7 Å². The lowest BCUT2D eigenvalue weighted by Gasteiger charge is -2.04. The van der Waals surface area contributed by atoms with Crippen molar-refractivity contribution < 1.29 is 18.3 Å². The number of nitrogens with zero attached hydrogens (tertiary/aromatic N) is 3. The maximum absolute atomic E-state index is 11.1. The number of thiol groups is 1. The van der Waals surface area contributed by atoms with Crippen molar-refractivity contribution in [3.05, 3.63) is 53.7 Å². The van der Waals surface area contributed by atoms with Gasteiger partial charge in [-0.2, -0.15) is 0 Å². The van der Waals surface area contributed by atoms with Crippen LogP contribution < -0.4 is 0 Å². The van der Waals surface area contributed by atoms with E-state index in [1.807, 2.05) is 0 Å². The maximum Gasteiger partial charge on any atom is 0.356 e. The minimum Gasteiger partial charge on any atom is -0.476 e. The Balaban J connectivity index is 2.00. The molecule has 3 aromatic heterocycles. The number of carbonyl (C=O) groups is 1. The average Bonchev–Trinajstić information content (AvgIpc) is 2.97. The van der Waals surface area contributed by atoms with Gasteiger partial charge >= 0.3 is 5.97 Å². The summed E-state index contributed by atoms with van der Waals surface area (Å²) >= 11 is 0. The van der Waals surface area contributed by atoms with Crippen LogP contribution in [-0.4, -0.2) is 39.4 Å². The molecule has 3 heterocycles. The van der Waals surface area contributed by atoms with Gasteiger partial charge in [-0.25, -0.2) is 18.2 Å². The summed E-state index contributed by atoms with van der Waals surface area (Å²) in [4.78, 5) is 26.4. The Morgan fingerprint density at radius 1 is 1.24 bits per heavy atom. The first kappa shape index (κ1) is 16.8. The highest BCUT2D eigenvalue weighted by Crippen LogP contribution is 2.24. The summed E-state index contributed by atoms with van der Waals surface area (Å²) in [5, 5.41) is 9.10. The molecule has 0 saturated carbocycles. The zero-order chi connectivity index (χ0) is 18.0. The van der Waals surface area contributed by atoms with Gasteiger partial charge in [-0.05, 0) is 36.2 Å². The number of aromatic nitrogens is 4. The molecule has 0 radical (unpaired) electrons. The lowest BCUT2D eigenvalue weighted by atomic mass is 10.1. The van der Waals surface area contributed by atoms with Crippen LogP contribution in [0.15, 0.2) is 36.8 Å². The SMILES string of the molecule is Cc1[nH]c(-c2cc(-c3cncc(C[SH](=O)=O)c3)ccn2)nc1C(=O)O. The van der Waals surface area contributed by atoms with Gasteiger partial charge in [0.1, 0.15) is 16.4 Å². The fourth-order valence-electron chi connectivity index (χ4n) is 2.41. The smallest absolute Gasteiger partial charge is 0.356 e. The monoisotopic (exact) mass is 358 g/mol. The van der Waals surface area contributed by atoms with Crippen molar-refractivity contribution in [1.82, 2.24) is 19.9 Å². The lowest BCUT2D eigenvalue weighted by molar-refractivity contribution is 0.0690. The minimum atomic E-state index is -2.53. The summed E-state index contributed by atoms with van der Waals surface area (Å²) in [7, 11) is -2.53. The molecule has 8 nitrogen and oxygen atoms in total. The van der Waals surface area contributed by atoms with Crippen LogP contribution in [0.2, 0.25) is 0 Å². The highest BCUT2D eigenvalue weighted by molar-refractivity contribution is 7.71. The van der Waals surface area contributed by atoms with Crippen molar-refractivity contribution in [2.45, 2.75) is 12.7 Å². The Morgan fingerprint density at radius 2 is 2.04 bits per heavy atom. The fraction of sp³-hybridized carbons (Fsp3) is 0.125. The van der Waals surface area contributed by atoms with Gasteiger partial charge in [0.2, 0.25) is 0 Å². The second kappa shape index (κ2) is 6.81. The van der Waals surface area contributed by atoms with Gasteiger partial charge in [0.15, 0.2) is 11.5 Å². The van der Waals surface area contributed by atoms with Gasteiger partial charge in [0.25, 0.3) is 0 Å². The van der Waals surface area contributed by atoms with E-state index in [2.05, 4.69) is 19.9 Å². The predicted octanol–water partition coefficient (Wildman–Crippen LogP) is 1.65. The molecule has 0 amide bonds. The molecule has 3 rings (SSSR count). The molecule has 0 aliphatic rings. The summed E-state index contributed by atoms with van der Waals surface area (Å²) in [5.74, 6) is -0.837. The van der Waals surface area contributed by atoms with Crippen LogP contribution >= 0.6 is 0 Å². The van der Waals surface area contributed by atoms with E-state index in [-0.39, 0.29) is 11.4 Å². The number of hydrogen-bond acceptors (Lipinski definition) is 6. The number of hydrogen-bond donors (Lipinski definition) is 3. The summed E-state index contributed by atoms with van der Waals surface area (Å²) in [6.45, 7) is 1.63. The first-order valence-electron chi connectivity index (χ1n) is 7.26. The quantitative estimate of drug-likeness (QED) is 0.592. The van der Waals surface area contributed by atoms with Crippen molar-refractivity contribution in [2.24, 2.45) is 0 Å². The highest BCUT2D eigenvalue weighted by Gasteiger charge is 2.15. The molecule has 2 N–H and O–H groups in total. The fourth-order valence-corrected chi connectivity index (χ4v) is 2.88. The number of nitrogens with one attached hydrogen (secondary N) is 1. The standard InChI is InChI=1S/C16H14N4O4S/c1-9-14(16(21)22)20-15(19-9)13-5-11(2-3-18-13)12-4-10(6-17-7-12)8-25(23)24/h2-7,25H,8H2,1H3,(H,19,20)(H,21,22). The van der Waals surface area contributed by atoms with E-state index in [4.69, 9.17) is 5.11 Å². The molecule has 0 atom stereocenters. The van der Waals surface area contributed by atoms with Crippen molar-refractivity contribution >= 4 is 16.7 Å². The number of pyridine rings is 2. The maximum atomic E-state index is 11.1. The van der Waals surface area contributed by atoms with Gasteiger partial charge in [0.05, 0.1) is 5.75 Å². The number of rotatable bonds is 5. The van der Waals surface area contributed by atoms with Gasteiger partial charge in [-0.15, -0.1) is 0 Å². The number of imidazole rings is 1. The summed E-state index contributed by atoms with van der Waals surface area (Å²) < 4.78 is 21.8. The summed E-state index contributed by atoms with van der Waals surface area (Å²) in [5.41, 5.74) is 2.97. The predicted molar refractivity (Wildman–Crippen MR) is 90.8 cm³/mol. The molecular weight excluding hydrogens is 344 g/mol. The molecular formula is C16H14N4O4S. The molecule has 0 saturated heterocycles. The molecule has 0 aliphatic carbocycles. The molecule has 25 heavy (non-hydrogen) atoms. The van der Waals surface area contributed by atoms with Crippen LogP contribution in [0.25, 0.3) is 22.6 Å². The number of aromatic amines is 1. The Morgan fingerprint density at radius 3 is 2.72 bits per heavy atom. The zero-order valence-corrected chi connectivity index (χ0v) is 14.0. The average molecular weight is 358 g/mol. The van der Waals surface area contributed by atoms with Gasteiger partial charge in [-0.1, -0.05) is 0 Å². The van der Waals surface area contributed by atoms with Crippen LogP contribution in [0.5, 0.6) is 0 Å². The molecule has 0 aliphatic heterocycles. The number of aromatic carboxylic acids is 1. The summed E-state index contributed by atoms with van der Waals surface area (Å²) in [6.07, 6.45) is 4.70. The van der Waals surface area contributed by atoms with Crippen molar-refractivity contribution in [3.63, 3.8) is 0 Å². The number of aryl methyl sites for hydroxylation is 1. The third-order valence-electron chi connectivity index (χ3n) is 3.53. The molecule has 128 valence electrons. The van der Waals surface area contributed by atoms with Crippen molar-refractivity contribution in [2.75, 3.05) is 0 Å². The van der Waals surface area contributed by atoms with Crippen LogP contribution in [-0.2, 0) is 16.5 Å². The van der Waals surface area contributed by atoms with Gasteiger partial charge in [0, 0.05) is 29.8 Å². The molecule has 0 aromatic carbocycles. The van der Waals surface area contributed by atoms with Crippen molar-refractivity contribution in [1.29, 1.82) is 0 Å². The normalized spacial score (nSPS) is 11.0. The molecule has 9 heteroatoms. The van der Waals surface area contributed by atoms with E-state index in [9.17, 15) is 13.2 Å². The molecule has 0 unspecified atom stereocenters. The Labute approximate surface area is 144 Å².